The van der Waals surface area contributed by atoms with Gasteiger partial charge in [-0.15, -0.1) is 0 Å². The maximum atomic E-state index is 13.1. The number of carbonyl (C=O) groups is 2. The Hall–Kier alpha value is -1.95. The quantitative estimate of drug-likeness (QED) is 0.760. The summed E-state index contributed by atoms with van der Waals surface area (Å²) in [6, 6.07) is 3.12. The molecule has 1 aromatic rings. The molecule has 1 aromatic carbocycles. The van der Waals surface area contributed by atoms with Crippen LogP contribution in [0.5, 0.6) is 0 Å². The molecule has 0 saturated carbocycles. The largest absolute Gasteiger partial charge is 0.478 e. The zero-order valence-corrected chi connectivity index (χ0v) is 10.4. The topological polar surface area (TPSA) is 78.4 Å². The lowest BCUT2D eigenvalue weighted by Gasteiger charge is -2.23. The number of carbonyl (C=O) groups excluding carboxylic acids is 1. The Morgan fingerprint density at radius 2 is 1.94 bits per heavy atom. The van der Waals surface area contributed by atoms with Gasteiger partial charge < -0.3 is 15.7 Å². The Balaban J connectivity index is 3.07. The Morgan fingerprint density at radius 3 is 2.44 bits per heavy atom. The molecule has 0 unspecified atom stereocenters. The predicted octanol–water partition coefficient (Wildman–Crippen LogP) is 1.46. The van der Waals surface area contributed by atoms with Crippen LogP contribution in [0.1, 0.15) is 24.2 Å². The third kappa shape index (κ3) is 3.04. The van der Waals surface area contributed by atoms with E-state index in [1.807, 2.05) is 0 Å². The van der Waals surface area contributed by atoms with E-state index in [2.05, 4.69) is 10.6 Å². The second-order valence-corrected chi connectivity index (χ2v) is 4.32. The Morgan fingerprint density at radius 1 is 1.33 bits per heavy atom. The Kier molecular flexibility index (Phi) is 4.03. The number of nitrogens with one attached hydrogen (secondary N) is 2. The summed E-state index contributed by atoms with van der Waals surface area (Å²) < 4.78 is 13.1. The SMILES string of the molecule is CNC(C)(C)C(=O)Nc1cc(F)ccc1C(=O)O. The number of rotatable bonds is 4. The van der Waals surface area contributed by atoms with E-state index in [1.165, 1.54) is 0 Å². The van der Waals surface area contributed by atoms with Gasteiger partial charge in [0.1, 0.15) is 5.82 Å². The number of likely N-dealkylation sites (N-methyl/N-ethyl adjacent to an activating group) is 1. The number of halogens is 1. The highest BCUT2D eigenvalue weighted by atomic mass is 19.1. The van der Waals surface area contributed by atoms with Gasteiger partial charge in [0.15, 0.2) is 0 Å². The fourth-order valence-electron chi connectivity index (χ4n) is 1.20. The van der Waals surface area contributed by atoms with Crippen molar-refractivity contribution in [3.05, 3.63) is 29.6 Å². The summed E-state index contributed by atoms with van der Waals surface area (Å²) in [6.45, 7) is 3.25. The average Bonchev–Trinajstić information content (AvgIpc) is 2.28. The zero-order chi connectivity index (χ0) is 13.9. The van der Waals surface area contributed by atoms with Crippen LogP contribution in [-0.4, -0.2) is 29.6 Å². The molecule has 5 nitrogen and oxygen atoms in total. The fourth-order valence-corrected chi connectivity index (χ4v) is 1.20. The van der Waals surface area contributed by atoms with Crippen molar-refractivity contribution < 1.29 is 19.1 Å². The molecule has 0 aliphatic rings. The molecule has 0 bridgehead atoms. The normalized spacial score (nSPS) is 11.1. The van der Waals surface area contributed by atoms with Gasteiger partial charge >= 0.3 is 5.97 Å². The van der Waals surface area contributed by atoms with Crippen molar-refractivity contribution in [1.82, 2.24) is 5.32 Å². The molecule has 6 heteroatoms. The molecular formula is C12H15FN2O3. The lowest BCUT2D eigenvalue weighted by Crippen LogP contribution is -2.48. The highest BCUT2D eigenvalue weighted by Crippen LogP contribution is 2.18. The first-order valence-electron chi connectivity index (χ1n) is 5.31. The summed E-state index contributed by atoms with van der Waals surface area (Å²) in [5, 5.41) is 14.1. The number of aromatic carboxylic acids is 1. The maximum Gasteiger partial charge on any atom is 0.337 e. The number of carboxylic acids is 1. The molecule has 0 radical (unpaired) electrons. The number of hydrogen-bond acceptors (Lipinski definition) is 3. The second kappa shape index (κ2) is 5.14. The first kappa shape index (κ1) is 14.1. The lowest BCUT2D eigenvalue weighted by atomic mass is 10.0. The minimum atomic E-state index is -1.23. The van der Waals surface area contributed by atoms with E-state index in [0.717, 1.165) is 18.2 Å². The molecule has 0 fully saturated rings. The molecule has 0 spiro atoms. The molecule has 0 atom stereocenters. The van der Waals surface area contributed by atoms with Crippen molar-refractivity contribution in [1.29, 1.82) is 0 Å². The van der Waals surface area contributed by atoms with Gasteiger partial charge in [-0.2, -0.15) is 0 Å². The first-order chi connectivity index (χ1) is 8.27. The summed E-state index contributed by atoms with van der Waals surface area (Å²) in [7, 11) is 1.60. The monoisotopic (exact) mass is 254 g/mol. The summed E-state index contributed by atoms with van der Waals surface area (Å²) in [6.07, 6.45) is 0. The highest BCUT2D eigenvalue weighted by molar-refractivity contribution is 6.03. The molecule has 0 aromatic heterocycles. The smallest absolute Gasteiger partial charge is 0.337 e. The van der Waals surface area contributed by atoms with Gasteiger partial charge in [0, 0.05) is 0 Å². The van der Waals surface area contributed by atoms with E-state index in [-0.39, 0.29) is 11.3 Å². The van der Waals surface area contributed by atoms with Gasteiger partial charge in [-0.25, -0.2) is 9.18 Å². The van der Waals surface area contributed by atoms with E-state index in [4.69, 9.17) is 5.11 Å². The van der Waals surface area contributed by atoms with Gasteiger partial charge in [-0.05, 0) is 39.1 Å². The van der Waals surface area contributed by atoms with Crippen molar-refractivity contribution in [2.24, 2.45) is 0 Å². The number of hydrogen-bond donors (Lipinski definition) is 3. The van der Waals surface area contributed by atoms with Crippen LogP contribution in [0.2, 0.25) is 0 Å². The van der Waals surface area contributed by atoms with E-state index in [0.29, 0.717) is 0 Å². The maximum absolute atomic E-state index is 13.1. The molecule has 0 aliphatic heterocycles. The van der Waals surface area contributed by atoms with Crippen molar-refractivity contribution >= 4 is 17.6 Å². The second-order valence-electron chi connectivity index (χ2n) is 4.32. The number of amides is 1. The summed E-state index contributed by atoms with van der Waals surface area (Å²) >= 11 is 0. The van der Waals surface area contributed by atoms with Crippen molar-refractivity contribution in [3.63, 3.8) is 0 Å². The van der Waals surface area contributed by atoms with Crippen LogP contribution >= 0.6 is 0 Å². The van der Waals surface area contributed by atoms with Crippen LogP contribution in [0.3, 0.4) is 0 Å². The molecule has 1 amide bonds. The lowest BCUT2D eigenvalue weighted by molar-refractivity contribution is -0.121. The summed E-state index contributed by atoms with van der Waals surface area (Å²) in [5.74, 6) is -2.29. The van der Waals surface area contributed by atoms with Crippen LogP contribution in [0, 0.1) is 5.82 Å². The van der Waals surface area contributed by atoms with Crippen molar-refractivity contribution in [2.45, 2.75) is 19.4 Å². The molecule has 3 N–H and O–H groups in total. The van der Waals surface area contributed by atoms with Gasteiger partial charge in [0.25, 0.3) is 0 Å². The molecule has 1 rings (SSSR count). The Bertz CT molecular complexity index is 486. The molecule has 0 saturated heterocycles. The van der Waals surface area contributed by atoms with E-state index in [1.54, 1.807) is 20.9 Å². The van der Waals surface area contributed by atoms with Crippen LogP contribution < -0.4 is 10.6 Å². The van der Waals surface area contributed by atoms with Crippen LogP contribution in [0.15, 0.2) is 18.2 Å². The van der Waals surface area contributed by atoms with Crippen LogP contribution in [0.25, 0.3) is 0 Å². The molecule has 18 heavy (non-hydrogen) atoms. The van der Waals surface area contributed by atoms with Crippen molar-refractivity contribution in [3.8, 4) is 0 Å². The van der Waals surface area contributed by atoms with Crippen molar-refractivity contribution in [2.75, 3.05) is 12.4 Å². The third-order valence-corrected chi connectivity index (χ3v) is 2.65. The van der Waals surface area contributed by atoms with E-state index in [9.17, 15) is 14.0 Å². The average molecular weight is 254 g/mol. The van der Waals surface area contributed by atoms with Gasteiger partial charge in [-0.1, -0.05) is 0 Å². The predicted molar refractivity (Wildman–Crippen MR) is 65.1 cm³/mol. The summed E-state index contributed by atoms with van der Waals surface area (Å²) in [5.41, 5.74) is -1.10. The van der Waals surface area contributed by atoms with Crippen LogP contribution in [0.4, 0.5) is 10.1 Å². The Labute approximate surface area is 104 Å². The highest BCUT2D eigenvalue weighted by Gasteiger charge is 2.26. The number of anilines is 1. The van der Waals surface area contributed by atoms with Gasteiger partial charge in [-0.3, -0.25) is 4.79 Å². The van der Waals surface area contributed by atoms with E-state index >= 15 is 0 Å². The molecular weight excluding hydrogens is 239 g/mol. The minimum Gasteiger partial charge on any atom is -0.478 e. The molecule has 98 valence electrons. The fraction of sp³-hybridized carbons (Fsp3) is 0.333. The zero-order valence-electron chi connectivity index (χ0n) is 10.4. The van der Waals surface area contributed by atoms with Crippen LogP contribution in [-0.2, 0) is 4.79 Å². The number of carboxylic acid groups (broad SMARTS) is 1. The minimum absolute atomic E-state index is 0.0594. The molecule has 0 aliphatic carbocycles. The first-order valence-corrected chi connectivity index (χ1v) is 5.31. The van der Waals surface area contributed by atoms with Gasteiger partial charge in [0.2, 0.25) is 5.91 Å². The van der Waals surface area contributed by atoms with E-state index < -0.39 is 23.2 Å². The third-order valence-electron chi connectivity index (χ3n) is 2.65. The molecule has 0 heterocycles. The number of benzene rings is 1. The summed E-state index contributed by atoms with van der Waals surface area (Å²) in [4.78, 5) is 22.8. The van der Waals surface area contributed by atoms with Gasteiger partial charge in [0.05, 0.1) is 16.8 Å². The standard InChI is InChI=1S/C12H15FN2O3/c1-12(2,14-3)11(18)15-9-6-7(13)4-5-8(9)10(16)17/h4-6,14H,1-3H3,(H,15,18)(H,16,17).